The Morgan fingerprint density at radius 3 is 1.14 bits per heavy atom. The first kappa shape index (κ1) is 26.2. The molecule has 2 aromatic carbocycles. The van der Waals surface area contributed by atoms with Crippen LogP contribution in [0.2, 0.25) is 0 Å². The van der Waals surface area contributed by atoms with Gasteiger partial charge in [-0.1, -0.05) is 36.4 Å². The second kappa shape index (κ2) is 17.3. The molecule has 0 unspecified atom stereocenters. The maximum absolute atomic E-state index is 10.2. The second-order valence-corrected chi connectivity index (χ2v) is 5.35. The molecule has 0 aromatic heterocycles. The standard InChI is InChI=1S/2C7H6O2.2C5H5.Zr/c2*8-7(9)6-4-2-1-3-5-6;2*1-2-4-5-3-1;/h2*1-5H,(H,8,9);2*1-3H,4H2;/q;;2*-1;+2. The molecule has 2 aliphatic carbocycles. The summed E-state index contributed by atoms with van der Waals surface area (Å²) in [6.07, 6.45) is 20.0. The Balaban J connectivity index is 0.000000369. The van der Waals surface area contributed by atoms with Gasteiger partial charge in [0.05, 0.1) is 11.1 Å². The smallest absolute Gasteiger partial charge is 0.478 e. The van der Waals surface area contributed by atoms with Crippen LogP contribution in [-0.2, 0) is 26.2 Å². The molecule has 0 saturated carbocycles. The van der Waals surface area contributed by atoms with E-state index < -0.39 is 11.9 Å². The molecule has 2 aromatic rings. The van der Waals surface area contributed by atoms with Crippen molar-refractivity contribution in [1.29, 1.82) is 0 Å². The predicted octanol–water partition coefficient (Wildman–Crippen LogP) is 5.38. The van der Waals surface area contributed by atoms with Crippen LogP contribution in [0.15, 0.2) is 97.1 Å². The number of allylic oxidation sites excluding steroid dienone is 8. The SMILES string of the molecule is O=C(O)c1ccccc1.O=C(O)c1ccccc1.[C-]1=CC=CC1.[C-]1=CC=CC1.[Zr+2]. The van der Waals surface area contributed by atoms with Crippen molar-refractivity contribution >= 4 is 11.9 Å². The van der Waals surface area contributed by atoms with E-state index in [0.29, 0.717) is 11.1 Å². The van der Waals surface area contributed by atoms with Gasteiger partial charge < -0.3 is 10.2 Å². The Morgan fingerprint density at radius 1 is 0.655 bits per heavy atom. The summed E-state index contributed by atoms with van der Waals surface area (Å²) in [6, 6.07) is 16.6. The van der Waals surface area contributed by atoms with Crippen molar-refractivity contribution < 1.29 is 46.0 Å². The Labute approximate surface area is 190 Å². The zero-order chi connectivity index (χ0) is 20.5. The van der Waals surface area contributed by atoms with Gasteiger partial charge in [0.1, 0.15) is 0 Å². The molecule has 0 fully saturated rings. The summed E-state index contributed by atoms with van der Waals surface area (Å²) in [7, 11) is 0. The summed E-state index contributed by atoms with van der Waals surface area (Å²) >= 11 is 0. The van der Waals surface area contributed by atoms with E-state index in [1.807, 2.05) is 24.3 Å². The molecule has 29 heavy (non-hydrogen) atoms. The van der Waals surface area contributed by atoms with Crippen LogP contribution in [-0.4, -0.2) is 22.2 Å². The van der Waals surface area contributed by atoms with E-state index in [1.54, 1.807) is 60.7 Å². The second-order valence-electron chi connectivity index (χ2n) is 5.35. The molecule has 0 heterocycles. The zero-order valence-corrected chi connectivity index (χ0v) is 18.3. The maximum atomic E-state index is 10.2. The van der Waals surface area contributed by atoms with Gasteiger partial charge in [0.15, 0.2) is 0 Å². The number of hydrogen-bond donors (Lipinski definition) is 2. The minimum Gasteiger partial charge on any atom is -0.478 e. The van der Waals surface area contributed by atoms with E-state index in [9.17, 15) is 9.59 Å². The third-order valence-corrected chi connectivity index (χ3v) is 3.21. The first-order chi connectivity index (χ1) is 13.6. The Bertz CT molecular complexity index is 731. The molecule has 4 rings (SSSR count). The molecule has 0 bridgehead atoms. The molecule has 2 aliphatic rings. The fourth-order valence-corrected chi connectivity index (χ4v) is 1.84. The van der Waals surface area contributed by atoms with Crippen LogP contribution in [0, 0.1) is 12.2 Å². The largest absolute Gasteiger partial charge is 2.00 e. The summed E-state index contributed by atoms with van der Waals surface area (Å²) in [5, 5.41) is 16.8. The van der Waals surface area contributed by atoms with Crippen molar-refractivity contribution in [2.75, 3.05) is 0 Å². The third kappa shape index (κ3) is 14.0. The van der Waals surface area contributed by atoms with Crippen LogP contribution in [0.5, 0.6) is 0 Å². The summed E-state index contributed by atoms with van der Waals surface area (Å²) in [6.45, 7) is 0. The summed E-state index contributed by atoms with van der Waals surface area (Å²) in [4.78, 5) is 20.4. The topological polar surface area (TPSA) is 74.6 Å². The molecule has 4 nitrogen and oxygen atoms in total. The summed E-state index contributed by atoms with van der Waals surface area (Å²) < 4.78 is 0. The first-order valence-corrected chi connectivity index (χ1v) is 8.61. The average Bonchev–Trinajstić information content (AvgIpc) is 3.48. The molecule has 0 saturated heterocycles. The number of carboxylic acids is 2. The molecule has 2 N–H and O–H groups in total. The Kier molecular flexibility index (Phi) is 15.7. The van der Waals surface area contributed by atoms with Gasteiger partial charge in [-0.3, -0.25) is 12.2 Å². The van der Waals surface area contributed by atoms with Gasteiger partial charge >= 0.3 is 38.1 Å². The van der Waals surface area contributed by atoms with Crippen molar-refractivity contribution in [2.45, 2.75) is 12.8 Å². The Hall–Kier alpha value is -2.78. The van der Waals surface area contributed by atoms with E-state index in [4.69, 9.17) is 10.2 Å². The summed E-state index contributed by atoms with van der Waals surface area (Å²) in [5.41, 5.74) is 0.662. The van der Waals surface area contributed by atoms with Gasteiger partial charge in [0.2, 0.25) is 0 Å². The number of carboxylic acid groups (broad SMARTS) is 2. The number of rotatable bonds is 2. The van der Waals surface area contributed by atoms with Gasteiger partial charge in [-0.2, -0.15) is 12.2 Å². The first-order valence-electron chi connectivity index (χ1n) is 8.61. The van der Waals surface area contributed by atoms with Gasteiger partial charge in [-0.05, 0) is 24.3 Å². The molecule has 0 radical (unpaired) electrons. The molecule has 0 atom stereocenters. The van der Waals surface area contributed by atoms with E-state index in [2.05, 4.69) is 24.3 Å². The number of carbonyl (C=O) groups is 2. The van der Waals surface area contributed by atoms with Gasteiger partial charge in [-0.25, -0.2) is 33.9 Å². The van der Waals surface area contributed by atoms with Crippen molar-refractivity contribution in [3.05, 3.63) is 120 Å². The van der Waals surface area contributed by atoms with E-state index >= 15 is 0 Å². The molecule has 5 heteroatoms. The van der Waals surface area contributed by atoms with Crippen LogP contribution in [0.1, 0.15) is 33.6 Å². The minimum atomic E-state index is -0.879. The van der Waals surface area contributed by atoms with Gasteiger partial charge in [-0.15, -0.1) is 12.8 Å². The van der Waals surface area contributed by atoms with Crippen LogP contribution in [0.25, 0.3) is 0 Å². The van der Waals surface area contributed by atoms with Crippen LogP contribution >= 0.6 is 0 Å². The van der Waals surface area contributed by atoms with Crippen LogP contribution in [0.4, 0.5) is 0 Å². The monoisotopic (exact) mass is 464 g/mol. The molecular formula is C24H22O4Zr. The molecule has 0 amide bonds. The van der Waals surface area contributed by atoms with Gasteiger partial charge in [0, 0.05) is 0 Å². The van der Waals surface area contributed by atoms with E-state index in [-0.39, 0.29) is 26.2 Å². The molecule has 146 valence electrons. The zero-order valence-electron chi connectivity index (χ0n) is 15.9. The number of benzene rings is 2. The number of hydrogen-bond acceptors (Lipinski definition) is 2. The maximum Gasteiger partial charge on any atom is 2.00 e. The van der Waals surface area contributed by atoms with Crippen molar-refractivity contribution in [3.63, 3.8) is 0 Å². The molecular weight excluding hydrogens is 443 g/mol. The fourth-order valence-electron chi connectivity index (χ4n) is 1.84. The van der Waals surface area contributed by atoms with Crippen LogP contribution < -0.4 is 0 Å². The molecule has 0 spiro atoms. The van der Waals surface area contributed by atoms with Crippen LogP contribution in [0.3, 0.4) is 0 Å². The fraction of sp³-hybridized carbons (Fsp3) is 0.0833. The number of aromatic carboxylic acids is 2. The van der Waals surface area contributed by atoms with E-state index in [1.165, 1.54) is 0 Å². The van der Waals surface area contributed by atoms with Gasteiger partial charge in [0.25, 0.3) is 0 Å². The third-order valence-electron chi connectivity index (χ3n) is 3.21. The average molecular weight is 466 g/mol. The van der Waals surface area contributed by atoms with E-state index in [0.717, 1.165) is 12.8 Å². The van der Waals surface area contributed by atoms with Crippen molar-refractivity contribution in [1.82, 2.24) is 0 Å². The van der Waals surface area contributed by atoms with Crippen molar-refractivity contribution in [3.8, 4) is 0 Å². The predicted molar refractivity (Wildman–Crippen MR) is 110 cm³/mol. The summed E-state index contributed by atoms with van der Waals surface area (Å²) in [5.74, 6) is -1.76. The normalized spacial score (nSPS) is 11.6. The minimum absolute atomic E-state index is 0. The Morgan fingerprint density at radius 2 is 1.00 bits per heavy atom. The van der Waals surface area contributed by atoms with Crippen molar-refractivity contribution in [2.24, 2.45) is 0 Å². The molecule has 0 aliphatic heterocycles. The quantitative estimate of drug-likeness (QED) is 0.584.